The van der Waals surface area contributed by atoms with Crippen LogP contribution in [0.2, 0.25) is 0 Å². The van der Waals surface area contributed by atoms with E-state index in [1.807, 2.05) is 0 Å². The third-order valence-electron chi connectivity index (χ3n) is 1.84. The minimum atomic E-state index is -1.05. The SMILES string of the molecule is CCOc1cc(C(O)C(Cl)Cl)ccc1F. The summed E-state index contributed by atoms with van der Waals surface area (Å²) in [6.45, 7) is 2.09. The predicted octanol–water partition coefficient (Wildman–Crippen LogP) is 3.06. The zero-order valence-electron chi connectivity index (χ0n) is 8.08. The highest BCUT2D eigenvalue weighted by Gasteiger charge is 2.17. The number of aliphatic hydroxyl groups excluding tert-OH is 1. The number of aliphatic hydroxyl groups is 1. The van der Waals surface area contributed by atoms with Crippen LogP contribution in [0.3, 0.4) is 0 Å². The third kappa shape index (κ3) is 3.23. The first kappa shape index (κ1) is 12.6. The van der Waals surface area contributed by atoms with E-state index in [2.05, 4.69) is 0 Å². The van der Waals surface area contributed by atoms with Gasteiger partial charge in [0.05, 0.1) is 6.61 Å². The monoisotopic (exact) mass is 252 g/mol. The molecule has 1 aromatic rings. The van der Waals surface area contributed by atoms with Crippen molar-refractivity contribution in [3.8, 4) is 5.75 Å². The second kappa shape index (κ2) is 5.54. The van der Waals surface area contributed by atoms with E-state index in [0.717, 1.165) is 0 Å². The molecule has 1 unspecified atom stereocenters. The highest BCUT2D eigenvalue weighted by molar-refractivity contribution is 6.44. The number of hydrogen-bond donors (Lipinski definition) is 1. The Bertz CT molecular complexity index is 331. The number of ether oxygens (including phenoxy) is 1. The van der Waals surface area contributed by atoms with Gasteiger partial charge in [-0.25, -0.2) is 4.39 Å². The topological polar surface area (TPSA) is 29.5 Å². The summed E-state index contributed by atoms with van der Waals surface area (Å²) in [6, 6.07) is 4.02. The van der Waals surface area contributed by atoms with Crippen LogP contribution in [-0.4, -0.2) is 16.5 Å². The molecule has 0 amide bonds. The average Bonchev–Trinajstić information content (AvgIpc) is 2.20. The van der Waals surface area contributed by atoms with E-state index in [-0.39, 0.29) is 5.75 Å². The van der Waals surface area contributed by atoms with Crippen LogP contribution in [0.25, 0.3) is 0 Å². The molecule has 0 aliphatic rings. The van der Waals surface area contributed by atoms with Crippen LogP contribution < -0.4 is 4.74 Å². The third-order valence-corrected chi connectivity index (χ3v) is 2.31. The Morgan fingerprint density at radius 1 is 1.47 bits per heavy atom. The minimum Gasteiger partial charge on any atom is -0.491 e. The summed E-state index contributed by atoms with van der Waals surface area (Å²) in [5, 5.41) is 9.54. The summed E-state index contributed by atoms with van der Waals surface area (Å²) in [4.78, 5) is -0.954. The molecule has 0 aliphatic heterocycles. The Morgan fingerprint density at radius 2 is 2.13 bits per heavy atom. The van der Waals surface area contributed by atoms with Crippen molar-refractivity contribution in [1.29, 1.82) is 0 Å². The van der Waals surface area contributed by atoms with Crippen molar-refractivity contribution in [3.63, 3.8) is 0 Å². The zero-order valence-corrected chi connectivity index (χ0v) is 9.60. The lowest BCUT2D eigenvalue weighted by molar-refractivity contribution is 0.192. The molecule has 15 heavy (non-hydrogen) atoms. The van der Waals surface area contributed by atoms with Crippen molar-refractivity contribution in [2.75, 3.05) is 6.61 Å². The van der Waals surface area contributed by atoms with E-state index in [1.165, 1.54) is 18.2 Å². The van der Waals surface area contributed by atoms with Gasteiger partial charge in [-0.3, -0.25) is 0 Å². The van der Waals surface area contributed by atoms with Gasteiger partial charge in [0, 0.05) is 0 Å². The Balaban J connectivity index is 2.96. The van der Waals surface area contributed by atoms with Crippen molar-refractivity contribution in [2.24, 2.45) is 0 Å². The molecule has 0 bridgehead atoms. The Labute approximate surface area is 97.6 Å². The molecule has 1 aromatic carbocycles. The molecule has 1 atom stereocenters. The number of rotatable bonds is 4. The number of alkyl halides is 2. The van der Waals surface area contributed by atoms with Crippen LogP contribution >= 0.6 is 23.2 Å². The lowest BCUT2D eigenvalue weighted by Crippen LogP contribution is -2.06. The molecule has 2 nitrogen and oxygen atoms in total. The van der Waals surface area contributed by atoms with Gasteiger partial charge in [-0.15, -0.1) is 23.2 Å². The Kier molecular flexibility index (Phi) is 4.64. The van der Waals surface area contributed by atoms with E-state index in [1.54, 1.807) is 6.92 Å². The van der Waals surface area contributed by atoms with Crippen LogP contribution in [0.1, 0.15) is 18.6 Å². The van der Waals surface area contributed by atoms with Gasteiger partial charge in [0.1, 0.15) is 10.9 Å². The van der Waals surface area contributed by atoms with Gasteiger partial charge in [0.25, 0.3) is 0 Å². The van der Waals surface area contributed by atoms with Gasteiger partial charge >= 0.3 is 0 Å². The number of halogens is 3. The molecule has 84 valence electrons. The maximum atomic E-state index is 13.1. The predicted molar refractivity (Wildman–Crippen MR) is 58.0 cm³/mol. The standard InChI is InChI=1S/C10H11Cl2FO2/c1-2-15-8-5-6(3-4-7(8)13)9(14)10(11)12/h3-5,9-10,14H,2H2,1H3. The maximum Gasteiger partial charge on any atom is 0.165 e. The van der Waals surface area contributed by atoms with Crippen molar-refractivity contribution in [3.05, 3.63) is 29.6 Å². The lowest BCUT2D eigenvalue weighted by atomic mass is 10.1. The summed E-state index contributed by atoms with van der Waals surface area (Å²) < 4.78 is 18.2. The van der Waals surface area contributed by atoms with E-state index >= 15 is 0 Å². The molecule has 1 N–H and O–H groups in total. The second-order valence-electron chi connectivity index (χ2n) is 2.90. The first-order chi connectivity index (χ1) is 7.06. The molecule has 0 spiro atoms. The minimum absolute atomic E-state index is 0.0861. The van der Waals surface area contributed by atoms with Crippen LogP contribution in [0.15, 0.2) is 18.2 Å². The smallest absolute Gasteiger partial charge is 0.165 e. The summed E-state index contributed by atoms with van der Waals surface area (Å²) in [6.07, 6.45) is -1.05. The first-order valence-electron chi connectivity index (χ1n) is 4.44. The summed E-state index contributed by atoms with van der Waals surface area (Å²) in [5.74, 6) is -0.392. The Morgan fingerprint density at radius 3 is 2.67 bits per heavy atom. The highest BCUT2D eigenvalue weighted by Crippen LogP contribution is 2.28. The maximum absolute atomic E-state index is 13.1. The average molecular weight is 253 g/mol. The van der Waals surface area contributed by atoms with Gasteiger partial charge in [0.15, 0.2) is 11.6 Å². The molecule has 0 aromatic heterocycles. The normalized spacial score (nSPS) is 12.9. The molecular formula is C10H11Cl2FO2. The Hall–Kier alpha value is -0.510. The second-order valence-corrected chi connectivity index (χ2v) is 4.07. The lowest BCUT2D eigenvalue weighted by Gasteiger charge is -2.13. The number of hydrogen-bond acceptors (Lipinski definition) is 2. The highest BCUT2D eigenvalue weighted by atomic mass is 35.5. The first-order valence-corrected chi connectivity index (χ1v) is 5.32. The zero-order chi connectivity index (χ0) is 11.4. The van der Waals surface area contributed by atoms with Gasteiger partial charge in [-0.05, 0) is 24.6 Å². The van der Waals surface area contributed by atoms with Crippen molar-refractivity contribution in [2.45, 2.75) is 17.9 Å². The van der Waals surface area contributed by atoms with Gasteiger partial charge in [-0.1, -0.05) is 6.07 Å². The molecule has 1 rings (SSSR count). The quantitative estimate of drug-likeness (QED) is 0.835. The van der Waals surface area contributed by atoms with Crippen LogP contribution in [0, 0.1) is 5.82 Å². The van der Waals surface area contributed by atoms with Gasteiger partial charge in [0.2, 0.25) is 0 Å². The van der Waals surface area contributed by atoms with Crippen LogP contribution in [0.5, 0.6) is 5.75 Å². The van der Waals surface area contributed by atoms with E-state index < -0.39 is 16.8 Å². The molecule has 0 aliphatic carbocycles. The summed E-state index contributed by atoms with van der Waals surface area (Å²) >= 11 is 11.0. The fourth-order valence-corrected chi connectivity index (χ4v) is 1.41. The summed E-state index contributed by atoms with van der Waals surface area (Å²) in [7, 11) is 0. The molecule has 0 saturated heterocycles. The van der Waals surface area contributed by atoms with E-state index in [0.29, 0.717) is 12.2 Å². The van der Waals surface area contributed by atoms with Crippen molar-refractivity contribution < 1.29 is 14.2 Å². The van der Waals surface area contributed by atoms with Crippen molar-refractivity contribution in [1.82, 2.24) is 0 Å². The molecular weight excluding hydrogens is 242 g/mol. The van der Waals surface area contributed by atoms with Gasteiger partial charge in [-0.2, -0.15) is 0 Å². The van der Waals surface area contributed by atoms with Crippen molar-refractivity contribution >= 4 is 23.2 Å². The molecule has 0 heterocycles. The van der Waals surface area contributed by atoms with E-state index in [4.69, 9.17) is 27.9 Å². The largest absolute Gasteiger partial charge is 0.491 e. The fraction of sp³-hybridized carbons (Fsp3) is 0.400. The number of benzene rings is 1. The fourth-order valence-electron chi connectivity index (χ4n) is 1.12. The summed E-state index contributed by atoms with van der Waals surface area (Å²) in [5.41, 5.74) is 0.426. The van der Waals surface area contributed by atoms with Gasteiger partial charge < -0.3 is 9.84 Å². The molecule has 0 radical (unpaired) electrons. The molecule has 0 saturated carbocycles. The van der Waals surface area contributed by atoms with Crippen LogP contribution in [-0.2, 0) is 0 Å². The van der Waals surface area contributed by atoms with Crippen LogP contribution in [0.4, 0.5) is 4.39 Å². The van der Waals surface area contributed by atoms with E-state index in [9.17, 15) is 9.50 Å². The molecule has 5 heteroatoms. The molecule has 0 fully saturated rings.